The quantitative estimate of drug-likeness (QED) is 0.544. The van der Waals surface area contributed by atoms with Crippen LogP contribution >= 0.6 is 7.82 Å². The Balaban J connectivity index is 4.42. The van der Waals surface area contributed by atoms with Crippen LogP contribution in [-0.2, 0) is 18.1 Å². The second-order valence-electron chi connectivity index (χ2n) is 2.02. The summed E-state index contributed by atoms with van der Waals surface area (Å²) in [6.07, 6.45) is 1.11. The predicted molar refractivity (Wildman–Crippen MR) is 48.6 cm³/mol. The summed E-state index contributed by atoms with van der Waals surface area (Å²) in [5.74, 6) is 4.49. The largest absolute Gasteiger partial charge is 0.604 e. The fourth-order valence-corrected chi connectivity index (χ4v) is 1.27. The third kappa shape index (κ3) is 6.79. The Morgan fingerprint density at radius 3 is 2.00 bits per heavy atom. The van der Waals surface area contributed by atoms with E-state index in [9.17, 15) is 13.3 Å². The molecule has 0 rings (SSSR count). The lowest BCUT2D eigenvalue weighted by molar-refractivity contribution is 0.0626. The molecule has 0 unspecified atom stereocenters. The molecule has 0 aromatic rings. The van der Waals surface area contributed by atoms with E-state index in [1.54, 1.807) is 0 Å². The lowest BCUT2D eigenvalue weighted by atomic mass is 10.8. The van der Waals surface area contributed by atoms with Crippen LogP contribution in [0.25, 0.3) is 0 Å². The first-order valence-electron chi connectivity index (χ1n) is 3.77. The predicted octanol–water partition coefficient (Wildman–Crippen LogP) is 2.37. The van der Waals surface area contributed by atoms with E-state index in [1.807, 2.05) is 12.2 Å². The van der Waals surface area contributed by atoms with Crippen molar-refractivity contribution in [2.24, 2.45) is 0 Å². The third-order valence-corrected chi connectivity index (χ3v) is 1.97. The summed E-state index contributed by atoms with van der Waals surface area (Å²) in [5, 5.41) is 0. The van der Waals surface area contributed by atoms with Gasteiger partial charge in [-0.05, 0) is 0 Å². The maximum absolute atomic E-state index is 11.8. The highest BCUT2D eigenvalue weighted by atomic mass is 31.2. The van der Waals surface area contributed by atoms with Crippen molar-refractivity contribution in [3.05, 3.63) is 0 Å². The maximum Gasteiger partial charge on any atom is 0.604 e. The van der Waals surface area contributed by atoms with Gasteiger partial charge in [-0.2, -0.15) is 0 Å². The van der Waals surface area contributed by atoms with Crippen LogP contribution in [0, 0.1) is 24.1 Å². The van der Waals surface area contributed by atoms with Gasteiger partial charge in [0.1, 0.15) is 18.8 Å². The molecule has 0 spiro atoms. The van der Waals surface area contributed by atoms with Crippen LogP contribution in [0.5, 0.6) is 0 Å². The number of hydrogen-bond donors (Lipinski definition) is 0. The summed E-state index contributed by atoms with van der Waals surface area (Å²) in [6, 6.07) is 0. The van der Waals surface area contributed by atoms with Gasteiger partial charge in [0, 0.05) is 13.8 Å². The number of phosphoric acid groups is 1. The first-order valence-corrected chi connectivity index (χ1v) is 5.23. The van der Waals surface area contributed by atoms with Gasteiger partial charge in [0.05, 0.1) is 0 Å². The Morgan fingerprint density at radius 1 is 1.20 bits per heavy atom. The smallest absolute Gasteiger partial charge is 0.341 e. The number of alkyl halides is 2. The molecular weight excluding hydrogens is 229 g/mol. The van der Waals surface area contributed by atoms with Crippen molar-refractivity contribution in [1.29, 1.82) is 0 Å². The monoisotopic (exact) mass is 238 g/mol. The molecule has 7 heteroatoms. The Morgan fingerprint density at radius 2 is 1.67 bits per heavy atom. The van der Waals surface area contributed by atoms with E-state index in [-0.39, 0.29) is 0 Å². The van der Waals surface area contributed by atoms with Gasteiger partial charge in [0.15, 0.2) is 0 Å². The van der Waals surface area contributed by atoms with Gasteiger partial charge >= 0.3 is 7.82 Å². The van der Waals surface area contributed by atoms with E-state index in [1.165, 1.54) is 13.8 Å². The molecular formula is C8H9F2O4P. The van der Waals surface area contributed by atoms with Crippen molar-refractivity contribution >= 4 is 7.82 Å². The van der Waals surface area contributed by atoms with Gasteiger partial charge in [-0.3, -0.25) is 4.52 Å². The number of halogens is 2. The molecule has 0 saturated heterocycles. The topological polar surface area (TPSA) is 44.8 Å². The molecule has 0 saturated carbocycles. The molecule has 0 aliphatic carbocycles. The SMILES string of the molecule is CC#COP(=O)(OC#CC)OCC(F)F. The van der Waals surface area contributed by atoms with Crippen molar-refractivity contribution in [3.63, 3.8) is 0 Å². The number of rotatable bonds is 5. The molecule has 15 heavy (non-hydrogen) atoms. The zero-order chi connectivity index (χ0) is 11.7. The van der Waals surface area contributed by atoms with E-state index in [0.29, 0.717) is 0 Å². The van der Waals surface area contributed by atoms with E-state index in [4.69, 9.17) is 0 Å². The van der Waals surface area contributed by atoms with Crippen molar-refractivity contribution in [2.45, 2.75) is 20.3 Å². The third-order valence-electron chi connectivity index (χ3n) is 0.878. The molecule has 84 valence electrons. The van der Waals surface area contributed by atoms with Crippen LogP contribution in [0.1, 0.15) is 13.8 Å². The minimum absolute atomic E-state index is 1.08. The minimum Gasteiger partial charge on any atom is -0.341 e. The normalized spacial score (nSPS) is 9.67. The highest BCUT2D eigenvalue weighted by Gasteiger charge is 2.30. The Labute approximate surface area is 86.5 Å². The van der Waals surface area contributed by atoms with Gasteiger partial charge in [-0.25, -0.2) is 13.3 Å². The van der Waals surface area contributed by atoms with Gasteiger partial charge in [0.25, 0.3) is 6.43 Å². The summed E-state index contributed by atoms with van der Waals surface area (Å²) in [7, 11) is -4.13. The van der Waals surface area contributed by atoms with E-state index in [0.717, 1.165) is 0 Å². The lowest BCUT2D eigenvalue weighted by Gasteiger charge is -2.10. The molecule has 0 aliphatic rings. The van der Waals surface area contributed by atoms with E-state index in [2.05, 4.69) is 25.4 Å². The molecule has 0 atom stereocenters. The van der Waals surface area contributed by atoms with Crippen molar-refractivity contribution < 1.29 is 26.9 Å². The number of phosphoric ester groups is 1. The summed E-state index contributed by atoms with van der Waals surface area (Å²) in [5.41, 5.74) is 0. The van der Waals surface area contributed by atoms with Crippen LogP contribution in [0.4, 0.5) is 8.78 Å². The molecule has 0 amide bonds. The van der Waals surface area contributed by atoms with Crippen LogP contribution in [-0.4, -0.2) is 13.0 Å². The second kappa shape index (κ2) is 7.11. The maximum atomic E-state index is 11.8. The fraction of sp³-hybridized carbons (Fsp3) is 0.500. The zero-order valence-electron chi connectivity index (χ0n) is 8.12. The average molecular weight is 238 g/mol. The summed E-state index contributed by atoms with van der Waals surface area (Å²) in [4.78, 5) is 0. The number of hydrogen-bond acceptors (Lipinski definition) is 4. The van der Waals surface area contributed by atoms with Gasteiger partial charge in [-0.15, -0.1) is 0 Å². The molecule has 0 heterocycles. The van der Waals surface area contributed by atoms with Crippen LogP contribution in [0.2, 0.25) is 0 Å². The minimum atomic E-state index is -4.13. The summed E-state index contributed by atoms with van der Waals surface area (Å²) >= 11 is 0. The van der Waals surface area contributed by atoms with Crippen molar-refractivity contribution in [3.8, 4) is 24.1 Å². The Kier molecular flexibility index (Phi) is 6.53. The molecule has 4 nitrogen and oxygen atoms in total. The van der Waals surface area contributed by atoms with Gasteiger partial charge < -0.3 is 9.05 Å². The standard InChI is InChI=1S/C8H9F2O4P/c1-3-5-12-15(11,13-6-4-2)14-7-8(9)10/h8H,7H2,1-2H3. The van der Waals surface area contributed by atoms with Crippen molar-refractivity contribution in [1.82, 2.24) is 0 Å². The molecule has 0 aromatic heterocycles. The fourth-order valence-electron chi connectivity index (χ4n) is 0.422. The van der Waals surface area contributed by atoms with E-state index < -0.39 is 20.9 Å². The Bertz CT molecular complexity index is 321. The molecule has 0 N–H and O–H groups in total. The second-order valence-corrected chi connectivity index (χ2v) is 3.54. The van der Waals surface area contributed by atoms with E-state index >= 15 is 0 Å². The van der Waals surface area contributed by atoms with Gasteiger partial charge in [-0.1, -0.05) is 11.8 Å². The summed E-state index contributed by atoms with van der Waals surface area (Å²) < 4.78 is 47.9. The lowest BCUT2D eigenvalue weighted by Crippen LogP contribution is -2.04. The Hall–Kier alpha value is -1.23. The van der Waals surface area contributed by atoms with Crippen LogP contribution in [0.15, 0.2) is 0 Å². The highest BCUT2D eigenvalue weighted by molar-refractivity contribution is 7.48. The molecule has 0 aliphatic heterocycles. The summed E-state index contributed by atoms with van der Waals surface area (Å²) in [6.45, 7) is 1.74. The first-order chi connectivity index (χ1) is 7.04. The zero-order valence-corrected chi connectivity index (χ0v) is 9.02. The van der Waals surface area contributed by atoms with Crippen LogP contribution in [0.3, 0.4) is 0 Å². The van der Waals surface area contributed by atoms with Gasteiger partial charge in [0.2, 0.25) is 0 Å². The molecule has 0 bridgehead atoms. The molecule has 0 radical (unpaired) electrons. The molecule has 0 fully saturated rings. The first kappa shape index (κ1) is 13.8. The van der Waals surface area contributed by atoms with Crippen LogP contribution < -0.4 is 0 Å². The molecule has 0 aromatic carbocycles. The highest BCUT2D eigenvalue weighted by Crippen LogP contribution is 2.48. The van der Waals surface area contributed by atoms with Crippen molar-refractivity contribution in [2.75, 3.05) is 6.61 Å². The average Bonchev–Trinajstić information content (AvgIpc) is 2.21.